The fourth-order valence-corrected chi connectivity index (χ4v) is 2.74. The second-order valence-corrected chi connectivity index (χ2v) is 4.23. The van der Waals surface area contributed by atoms with Gasteiger partial charge in [0.05, 0.1) is 16.9 Å². The van der Waals surface area contributed by atoms with Gasteiger partial charge < -0.3 is 5.11 Å². The summed E-state index contributed by atoms with van der Waals surface area (Å²) in [5, 5.41) is 20.8. The van der Waals surface area contributed by atoms with E-state index in [-0.39, 0.29) is 6.61 Å². The number of nitriles is 1. The van der Waals surface area contributed by atoms with Gasteiger partial charge in [-0.1, -0.05) is 6.07 Å². The lowest BCUT2D eigenvalue weighted by Gasteiger charge is -1.98. The van der Waals surface area contributed by atoms with E-state index in [0.717, 1.165) is 15.6 Å². The van der Waals surface area contributed by atoms with Crippen LogP contribution in [0.5, 0.6) is 0 Å². The quantitative estimate of drug-likeness (QED) is 0.727. The molecule has 1 heterocycles. The van der Waals surface area contributed by atoms with E-state index in [1.54, 1.807) is 6.07 Å². The maximum absolute atomic E-state index is 9.06. The molecular weight excluding hydrogens is 214 g/mol. The number of aliphatic hydroxyl groups excluding tert-OH is 1. The molecular formula is C10H7NOS2. The minimum Gasteiger partial charge on any atom is -0.392 e. The second-order valence-electron chi connectivity index (χ2n) is 2.87. The number of thiophene rings is 1. The summed E-state index contributed by atoms with van der Waals surface area (Å²) < 4.78 is 0.907. The highest BCUT2D eigenvalue weighted by Crippen LogP contribution is 2.32. The Labute approximate surface area is 90.8 Å². The molecule has 0 aliphatic rings. The van der Waals surface area contributed by atoms with Crippen molar-refractivity contribution in [1.82, 2.24) is 0 Å². The number of benzene rings is 1. The van der Waals surface area contributed by atoms with E-state index in [4.69, 9.17) is 10.4 Å². The zero-order valence-electron chi connectivity index (χ0n) is 7.19. The first-order valence-electron chi connectivity index (χ1n) is 4.01. The van der Waals surface area contributed by atoms with E-state index in [1.165, 1.54) is 11.3 Å². The summed E-state index contributed by atoms with van der Waals surface area (Å²) in [5.74, 6) is 0. The van der Waals surface area contributed by atoms with Crippen LogP contribution in [0, 0.1) is 11.3 Å². The lowest BCUT2D eigenvalue weighted by molar-refractivity contribution is 0.284. The first-order chi connectivity index (χ1) is 6.77. The van der Waals surface area contributed by atoms with Gasteiger partial charge in [-0.15, -0.1) is 24.0 Å². The average molecular weight is 221 g/mol. The van der Waals surface area contributed by atoms with Gasteiger partial charge in [-0.05, 0) is 22.4 Å². The molecule has 2 rings (SSSR count). The number of thiol groups is 1. The Kier molecular flexibility index (Phi) is 2.46. The topological polar surface area (TPSA) is 44.0 Å². The third-order valence-electron chi connectivity index (χ3n) is 2.08. The number of nitrogens with zero attached hydrogens (tertiary/aromatic N) is 1. The van der Waals surface area contributed by atoms with Crippen molar-refractivity contribution < 1.29 is 5.11 Å². The van der Waals surface area contributed by atoms with Gasteiger partial charge in [-0.2, -0.15) is 5.26 Å². The molecule has 2 nitrogen and oxygen atoms in total. The van der Waals surface area contributed by atoms with Crippen LogP contribution in [0.15, 0.2) is 22.4 Å². The van der Waals surface area contributed by atoms with E-state index in [0.29, 0.717) is 10.5 Å². The van der Waals surface area contributed by atoms with Gasteiger partial charge in [-0.3, -0.25) is 0 Å². The normalized spacial score (nSPS) is 10.4. The Morgan fingerprint density at radius 3 is 2.93 bits per heavy atom. The summed E-state index contributed by atoms with van der Waals surface area (Å²) in [6.07, 6.45) is 0. The van der Waals surface area contributed by atoms with Gasteiger partial charge in [0.25, 0.3) is 0 Å². The molecule has 0 bridgehead atoms. The van der Waals surface area contributed by atoms with Crippen LogP contribution in [0.1, 0.15) is 11.1 Å². The van der Waals surface area contributed by atoms with E-state index in [9.17, 15) is 0 Å². The first-order valence-corrected chi connectivity index (χ1v) is 5.33. The fourth-order valence-electron chi connectivity index (χ4n) is 1.37. The largest absolute Gasteiger partial charge is 0.392 e. The van der Waals surface area contributed by atoms with Crippen LogP contribution >= 0.6 is 24.0 Å². The summed E-state index contributed by atoms with van der Waals surface area (Å²) in [6.45, 7) is 0.0107. The van der Waals surface area contributed by atoms with Crippen LogP contribution in [-0.2, 0) is 6.61 Å². The average Bonchev–Trinajstić information content (AvgIpc) is 2.60. The van der Waals surface area contributed by atoms with Crippen molar-refractivity contribution in [3.8, 4) is 6.07 Å². The van der Waals surface area contributed by atoms with Crippen molar-refractivity contribution in [1.29, 1.82) is 5.26 Å². The van der Waals surface area contributed by atoms with E-state index in [1.807, 2.05) is 11.4 Å². The Bertz CT molecular complexity index is 525. The number of rotatable bonds is 1. The molecule has 0 saturated carbocycles. The van der Waals surface area contributed by atoms with E-state index in [2.05, 4.69) is 18.7 Å². The van der Waals surface area contributed by atoms with Gasteiger partial charge in [0.15, 0.2) is 0 Å². The molecule has 0 aliphatic carbocycles. The van der Waals surface area contributed by atoms with Gasteiger partial charge >= 0.3 is 0 Å². The van der Waals surface area contributed by atoms with Gasteiger partial charge in [0, 0.05) is 4.90 Å². The Morgan fingerprint density at radius 1 is 1.50 bits per heavy atom. The Hall–Kier alpha value is -1.02. The van der Waals surface area contributed by atoms with E-state index >= 15 is 0 Å². The van der Waals surface area contributed by atoms with Crippen molar-refractivity contribution in [2.75, 3.05) is 0 Å². The highest BCUT2D eigenvalue weighted by Gasteiger charge is 2.09. The molecule has 0 spiro atoms. The predicted octanol–water partition coefficient (Wildman–Crippen LogP) is 2.55. The third-order valence-corrected chi connectivity index (χ3v) is 3.52. The van der Waals surface area contributed by atoms with Gasteiger partial charge in [0.1, 0.15) is 6.07 Å². The van der Waals surface area contributed by atoms with Crippen molar-refractivity contribution in [2.24, 2.45) is 0 Å². The molecule has 0 fully saturated rings. The molecule has 14 heavy (non-hydrogen) atoms. The minimum atomic E-state index is 0.0107. The van der Waals surface area contributed by atoms with Gasteiger partial charge in [0.2, 0.25) is 0 Å². The molecule has 1 aromatic heterocycles. The second kappa shape index (κ2) is 3.62. The smallest absolute Gasteiger partial charge is 0.102 e. The summed E-state index contributed by atoms with van der Waals surface area (Å²) in [7, 11) is 0. The standard InChI is InChI=1S/C10H7NOS2/c11-3-8-9(13)2-1-7-6(4-12)5-14-10(7)8/h1-2,5,12-13H,4H2. The molecule has 70 valence electrons. The lowest BCUT2D eigenvalue weighted by atomic mass is 10.1. The van der Waals surface area contributed by atoms with Crippen molar-refractivity contribution in [3.05, 3.63) is 28.6 Å². The van der Waals surface area contributed by atoms with Crippen molar-refractivity contribution in [3.63, 3.8) is 0 Å². The minimum absolute atomic E-state index is 0.0107. The SMILES string of the molecule is N#Cc1c(S)ccc2c(CO)csc12. The highest BCUT2D eigenvalue weighted by molar-refractivity contribution is 7.80. The van der Waals surface area contributed by atoms with Crippen LogP contribution in [0.3, 0.4) is 0 Å². The maximum atomic E-state index is 9.06. The predicted molar refractivity (Wildman–Crippen MR) is 59.7 cm³/mol. The van der Waals surface area contributed by atoms with Crippen LogP contribution in [-0.4, -0.2) is 5.11 Å². The molecule has 0 atom stereocenters. The Balaban J connectivity index is 2.85. The molecule has 0 radical (unpaired) electrons. The van der Waals surface area contributed by atoms with Crippen molar-refractivity contribution >= 4 is 34.1 Å². The molecule has 4 heteroatoms. The van der Waals surface area contributed by atoms with Crippen LogP contribution in [0.25, 0.3) is 10.1 Å². The number of hydrogen-bond acceptors (Lipinski definition) is 4. The molecule has 1 N–H and O–H groups in total. The van der Waals surface area contributed by atoms with Crippen LogP contribution < -0.4 is 0 Å². The molecule has 0 saturated heterocycles. The zero-order valence-corrected chi connectivity index (χ0v) is 8.90. The van der Waals surface area contributed by atoms with E-state index < -0.39 is 0 Å². The lowest BCUT2D eigenvalue weighted by Crippen LogP contribution is -1.82. The third kappa shape index (κ3) is 1.30. The molecule has 0 unspecified atom stereocenters. The summed E-state index contributed by atoms with van der Waals surface area (Å²) in [6, 6.07) is 5.81. The number of aliphatic hydroxyl groups is 1. The fraction of sp³-hybridized carbons (Fsp3) is 0.100. The maximum Gasteiger partial charge on any atom is 0.102 e. The summed E-state index contributed by atoms with van der Waals surface area (Å²) in [4.78, 5) is 0.686. The monoisotopic (exact) mass is 221 g/mol. The molecule has 0 aliphatic heterocycles. The first kappa shape index (κ1) is 9.53. The molecule has 2 aromatic rings. The number of hydrogen-bond donors (Lipinski definition) is 2. The summed E-state index contributed by atoms with van der Waals surface area (Å²) in [5.41, 5.74) is 1.46. The molecule has 1 aromatic carbocycles. The highest BCUT2D eigenvalue weighted by atomic mass is 32.1. The van der Waals surface area contributed by atoms with Gasteiger partial charge in [-0.25, -0.2) is 0 Å². The van der Waals surface area contributed by atoms with Crippen molar-refractivity contribution in [2.45, 2.75) is 11.5 Å². The van der Waals surface area contributed by atoms with Crippen LogP contribution in [0.2, 0.25) is 0 Å². The molecule has 0 amide bonds. The number of fused-ring (bicyclic) bond motifs is 1. The van der Waals surface area contributed by atoms with Crippen LogP contribution in [0.4, 0.5) is 0 Å². The summed E-state index contributed by atoms with van der Waals surface area (Å²) >= 11 is 5.69. The Morgan fingerprint density at radius 2 is 2.29 bits per heavy atom. The zero-order chi connectivity index (χ0) is 10.1.